The maximum absolute atomic E-state index is 10.5. The van der Waals surface area contributed by atoms with Crippen LogP contribution in [0.5, 0.6) is 0 Å². The fourth-order valence-corrected chi connectivity index (χ4v) is 3.14. The Kier molecular flexibility index (Phi) is 4.85. The molecule has 28 heavy (non-hydrogen) atoms. The van der Waals surface area contributed by atoms with Gasteiger partial charge in [0.1, 0.15) is 0 Å². The number of fused-ring (bicyclic) bond motifs is 2. The Morgan fingerprint density at radius 1 is 0.857 bits per heavy atom. The van der Waals surface area contributed by atoms with Gasteiger partial charge in [0.05, 0.1) is 16.7 Å². The van der Waals surface area contributed by atoms with E-state index in [0.29, 0.717) is 0 Å². The highest BCUT2D eigenvalue weighted by Crippen LogP contribution is 2.33. The van der Waals surface area contributed by atoms with Crippen LogP contribution in [0.3, 0.4) is 0 Å². The topological polar surface area (TPSA) is 62.2 Å². The van der Waals surface area contributed by atoms with Gasteiger partial charge in [0.2, 0.25) is 0 Å². The highest BCUT2D eigenvalue weighted by atomic mass is 16.4. The molecular weight excluding hydrogens is 348 g/mol. The molecular formula is C24H18N2O2. The maximum atomic E-state index is 10.5. The van der Waals surface area contributed by atoms with Gasteiger partial charge in [-0.05, 0) is 29.8 Å². The summed E-state index contributed by atoms with van der Waals surface area (Å²) in [4.78, 5) is 15.3. The number of para-hydroxylation sites is 2. The molecule has 0 spiro atoms. The molecule has 4 aromatic rings. The van der Waals surface area contributed by atoms with Crippen LogP contribution >= 0.6 is 0 Å². The summed E-state index contributed by atoms with van der Waals surface area (Å²) in [5, 5.41) is 14.3. The molecule has 0 radical (unpaired) electrons. The van der Waals surface area contributed by atoms with E-state index >= 15 is 0 Å². The Bertz CT molecular complexity index is 1170. The Balaban J connectivity index is 1.74. The SMILES string of the molecule is O=C(O)/C=C/C=C/c1cccc(Nc2c3ccccc3nc3ccccc23)c1. The van der Waals surface area contributed by atoms with Crippen molar-refractivity contribution >= 4 is 45.2 Å². The standard InChI is InChI=1S/C24H18N2O2/c27-23(28)15-6-1-8-17-9-7-10-18(16-17)25-24-19-11-2-4-13-21(19)26-22-14-5-3-12-20(22)24/h1-16H,(H,25,26)(H,27,28)/b8-1+,15-6+. The summed E-state index contributed by atoms with van der Waals surface area (Å²) in [6.07, 6.45) is 6.19. The minimum atomic E-state index is -0.962. The van der Waals surface area contributed by atoms with Crippen LogP contribution in [-0.4, -0.2) is 16.1 Å². The van der Waals surface area contributed by atoms with Crippen LogP contribution in [0.25, 0.3) is 27.9 Å². The Hall–Kier alpha value is -3.92. The van der Waals surface area contributed by atoms with Crippen LogP contribution in [-0.2, 0) is 4.79 Å². The highest BCUT2D eigenvalue weighted by molar-refractivity contribution is 6.08. The molecule has 4 rings (SSSR count). The molecule has 0 saturated carbocycles. The van der Waals surface area contributed by atoms with Crippen molar-refractivity contribution in [3.8, 4) is 0 Å². The van der Waals surface area contributed by atoms with E-state index in [1.165, 1.54) is 6.08 Å². The van der Waals surface area contributed by atoms with Gasteiger partial charge < -0.3 is 10.4 Å². The van der Waals surface area contributed by atoms with Crippen LogP contribution in [0.1, 0.15) is 5.56 Å². The van der Waals surface area contributed by atoms with Gasteiger partial charge in [-0.15, -0.1) is 0 Å². The minimum absolute atomic E-state index is 0.943. The third kappa shape index (κ3) is 3.76. The largest absolute Gasteiger partial charge is 0.478 e. The third-order valence-electron chi connectivity index (χ3n) is 4.38. The first kappa shape index (κ1) is 17.5. The van der Waals surface area contributed by atoms with Crippen LogP contribution in [0.15, 0.2) is 91.0 Å². The van der Waals surface area contributed by atoms with Gasteiger partial charge in [-0.25, -0.2) is 9.78 Å². The van der Waals surface area contributed by atoms with Crippen molar-refractivity contribution in [2.45, 2.75) is 0 Å². The summed E-state index contributed by atoms with van der Waals surface area (Å²) in [7, 11) is 0. The zero-order valence-electron chi connectivity index (χ0n) is 15.0. The molecule has 0 unspecified atom stereocenters. The summed E-state index contributed by atoms with van der Waals surface area (Å²) >= 11 is 0. The fourth-order valence-electron chi connectivity index (χ4n) is 3.14. The van der Waals surface area contributed by atoms with Gasteiger partial charge in [-0.2, -0.15) is 0 Å². The molecule has 136 valence electrons. The van der Waals surface area contributed by atoms with Gasteiger partial charge in [-0.1, -0.05) is 66.8 Å². The maximum Gasteiger partial charge on any atom is 0.328 e. The molecule has 3 aromatic carbocycles. The summed E-state index contributed by atoms with van der Waals surface area (Å²) in [6, 6.07) is 24.1. The number of nitrogens with zero attached hydrogens (tertiary/aromatic N) is 1. The molecule has 0 saturated heterocycles. The second kappa shape index (κ2) is 7.76. The van der Waals surface area contributed by atoms with Crippen molar-refractivity contribution in [3.63, 3.8) is 0 Å². The number of rotatable bonds is 5. The van der Waals surface area contributed by atoms with Gasteiger partial charge >= 0.3 is 5.97 Å². The number of aromatic nitrogens is 1. The van der Waals surface area contributed by atoms with E-state index in [9.17, 15) is 4.79 Å². The number of hydrogen-bond acceptors (Lipinski definition) is 3. The first-order chi connectivity index (χ1) is 13.7. The van der Waals surface area contributed by atoms with Crippen LogP contribution in [0, 0.1) is 0 Å². The Morgan fingerprint density at radius 3 is 2.21 bits per heavy atom. The number of carbonyl (C=O) groups is 1. The van der Waals surface area contributed by atoms with Crippen LogP contribution < -0.4 is 5.32 Å². The van der Waals surface area contributed by atoms with E-state index in [1.807, 2.05) is 66.7 Å². The first-order valence-electron chi connectivity index (χ1n) is 8.93. The van der Waals surface area contributed by atoms with Gasteiger partial charge in [0.25, 0.3) is 0 Å². The number of nitrogens with one attached hydrogen (secondary N) is 1. The molecule has 0 aliphatic heterocycles. The lowest BCUT2D eigenvalue weighted by Gasteiger charge is -2.13. The molecule has 4 nitrogen and oxygen atoms in total. The van der Waals surface area contributed by atoms with Crippen molar-refractivity contribution in [1.82, 2.24) is 4.98 Å². The van der Waals surface area contributed by atoms with Crippen LogP contribution in [0.2, 0.25) is 0 Å². The molecule has 0 amide bonds. The van der Waals surface area contributed by atoms with Crippen molar-refractivity contribution in [2.75, 3.05) is 5.32 Å². The second-order valence-corrected chi connectivity index (χ2v) is 6.33. The monoisotopic (exact) mass is 366 g/mol. The number of pyridine rings is 1. The van der Waals surface area contributed by atoms with Crippen molar-refractivity contribution in [2.24, 2.45) is 0 Å². The number of anilines is 2. The van der Waals surface area contributed by atoms with Crippen molar-refractivity contribution in [3.05, 3.63) is 96.6 Å². The normalized spacial score (nSPS) is 11.6. The third-order valence-corrected chi connectivity index (χ3v) is 4.38. The number of allylic oxidation sites excluding steroid dienone is 2. The Labute approximate surface area is 162 Å². The van der Waals surface area contributed by atoms with Crippen molar-refractivity contribution in [1.29, 1.82) is 0 Å². The summed E-state index contributed by atoms with van der Waals surface area (Å²) in [5.41, 5.74) is 4.83. The average Bonchev–Trinajstić information content (AvgIpc) is 2.71. The van der Waals surface area contributed by atoms with E-state index in [-0.39, 0.29) is 0 Å². The second-order valence-electron chi connectivity index (χ2n) is 6.33. The lowest BCUT2D eigenvalue weighted by atomic mass is 10.1. The van der Waals surface area contributed by atoms with Crippen LogP contribution in [0.4, 0.5) is 11.4 Å². The number of aliphatic carboxylic acids is 1. The number of carboxylic acid groups (broad SMARTS) is 1. The molecule has 1 aromatic heterocycles. The summed E-state index contributed by atoms with van der Waals surface area (Å²) in [5.74, 6) is -0.962. The Morgan fingerprint density at radius 2 is 1.54 bits per heavy atom. The molecule has 4 heteroatoms. The summed E-state index contributed by atoms with van der Waals surface area (Å²) < 4.78 is 0. The van der Waals surface area contributed by atoms with E-state index in [1.54, 1.807) is 6.08 Å². The lowest BCUT2D eigenvalue weighted by Crippen LogP contribution is -1.95. The zero-order valence-corrected chi connectivity index (χ0v) is 15.0. The molecule has 0 fully saturated rings. The van der Waals surface area contributed by atoms with Gasteiger partial charge in [0.15, 0.2) is 0 Å². The first-order valence-corrected chi connectivity index (χ1v) is 8.93. The molecule has 1 heterocycles. The molecule has 0 atom stereocenters. The molecule has 2 N–H and O–H groups in total. The quantitative estimate of drug-likeness (QED) is 0.267. The lowest BCUT2D eigenvalue weighted by molar-refractivity contribution is -0.131. The molecule has 0 aliphatic rings. The smallest absolute Gasteiger partial charge is 0.328 e. The number of benzene rings is 3. The minimum Gasteiger partial charge on any atom is -0.478 e. The zero-order chi connectivity index (χ0) is 19.3. The predicted molar refractivity (Wildman–Crippen MR) is 115 cm³/mol. The van der Waals surface area contributed by atoms with E-state index in [0.717, 1.165) is 44.8 Å². The van der Waals surface area contributed by atoms with E-state index < -0.39 is 5.97 Å². The molecule has 0 bridgehead atoms. The van der Waals surface area contributed by atoms with Gasteiger partial charge in [0, 0.05) is 22.5 Å². The van der Waals surface area contributed by atoms with E-state index in [4.69, 9.17) is 10.1 Å². The molecule has 0 aliphatic carbocycles. The van der Waals surface area contributed by atoms with E-state index in [2.05, 4.69) is 17.4 Å². The number of carboxylic acids is 1. The van der Waals surface area contributed by atoms with Gasteiger partial charge in [-0.3, -0.25) is 0 Å². The fraction of sp³-hybridized carbons (Fsp3) is 0. The predicted octanol–water partition coefficient (Wildman–Crippen LogP) is 5.79. The average molecular weight is 366 g/mol. The van der Waals surface area contributed by atoms with Crippen molar-refractivity contribution < 1.29 is 9.90 Å². The number of hydrogen-bond donors (Lipinski definition) is 2. The highest BCUT2D eigenvalue weighted by Gasteiger charge is 2.08. The summed E-state index contributed by atoms with van der Waals surface area (Å²) in [6.45, 7) is 0.